The van der Waals surface area contributed by atoms with Gasteiger partial charge in [0.2, 0.25) is 0 Å². The van der Waals surface area contributed by atoms with E-state index in [0.29, 0.717) is 49.5 Å². The van der Waals surface area contributed by atoms with Gasteiger partial charge in [-0.05, 0) is 42.3 Å². The highest BCUT2D eigenvalue weighted by Gasteiger charge is 2.24. The summed E-state index contributed by atoms with van der Waals surface area (Å²) in [5.74, 6) is -2.20. The average Bonchev–Trinajstić information content (AvgIpc) is 3.14. The standard InChI is InChI=1S/C25H29FN4O7/c1-36-24(34)28-20-14-17(6-9-21(20)29-10-3-11-30(13-12-29)25(35)37-2)23(33)27-19(15-22(31)32)16-4-7-18(26)8-5-16/h4-9,14,19H,3,10-13,15H2,1-2H3,(H,27,33)(H,28,34)(H,31,32). The SMILES string of the molecule is COC(=O)Nc1cc(C(=O)NC(CC(=O)O)c2ccc(F)cc2)ccc1N1CCCN(C(=O)OC)CC1. The van der Waals surface area contributed by atoms with Gasteiger partial charge in [0.25, 0.3) is 5.91 Å². The molecule has 1 saturated heterocycles. The van der Waals surface area contributed by atoms with Crippen molar-refractivity contribution in [3.8, 4) is 0 Å². The van der Waals surface area contributed by atoms with Crippen LogP contribution in [0, 0.1) is 5.82 Å². The normalized spacial score (nSPS) is 14.2. The number of carbonyl (C=O) groups is 4. The molecule has 2 aromatic carbocycles. The van der Waals surface area contributed by atoms with Gasteiger partial charge in [-0.1, -0.05) is 12.1 Å². The highest BCUT2D eigenvalue weighted by Crippen LogP contribution is 2.29. The first kappa shape index (κ1) is 27.2. The highest BCUT2D eigenvalue weighted by molar-refractivity contribution is 5.99. The molecule has 2 aromatic rings. The summed E-state index contributed by atoms with van der Waals surface area (Å²) < 4.78 is 22.9. The third-order valence-corrected chi connectivity index (χ3v) is 5.91. The molecule has 11 nitrogen and oxygen atoms in total. The van der Waals surface area contributed by atoms with E-state index in [0.717, 1.165) is 0 Å². The number of hydrogen-bond donors (Lipinski definition) is 3. The van der Waals surface area contributed by atoms with Crippen LogP contribution in [0.5, 0.6) is 0 Å². The Morgan fingerprint density at radius 3 is 2.38 bits per heavy atom. The van der Waals surface area contributed by atoms with E-state index >= 15 is 0 Å². The minimum absolute atomic E-state index is 0.165. The monoisotopic (exact) mass is 516 g/mol. The molecule has 12 heteroatoms. The van der Waals surface area contributed by atoms with Crippen molar-refractivity contribution in [1.29, 1.82) is 0 Å². The fraction of sp³-hybridized carbons (Fsp3) is 0.360. The third-order valence-electron chi connectivity index (χ3n) is 5.91. The number of carboxylic acids is 1. The lowest BCUT2D eigenvalue weighted by atomic mass is 10.0. The first-order valence-electron chi connectivity index (χ1n) is 11.6. The summed E-state index contributed by atoms with van der Waals surface area (Å²) >= 11 is 0. The van der Waals surface area contributed by atoms with Gasteiger partial charge in [0, 0.05) is 31.7 Å². The maximum atomic E-state index is 13.3. The number of benzene rings is 2. The molecule has 3 amide bonds. The fourth-order valence-electron chi connectivity index (χ4n) is 4.05. The van der Waals surface area contributed by atoms with Gasteiger partial charge in [0.05, 0.1) is 38.1 Å². The molecule has 0 radical (unpaired) electrons. The molecule has 1 aliphatic heterocycles. The van der Waals surface area contributed by atoms with Crippen LogP contribution < -0.4 is 15.5 Å². The zero-order valence-electron chi connectivity index (χ0n) is 20.5. The van der Waals surface area contributed by atoms with E-state index in [2.05, 4.69) is 10.6 Å². The Morgan fingerprint density at radius 1 is 1.00 bits per heavy atom. The van der Waals surface area contributed by atoms with Crippen molar-refractivity contribution < 1.29 is 38.1 Å². The minimum Gasteiger partial charge on any atom is -0.481 e. The second kappa shape index (κ2) is 12.6. The van der Waals surface area contributed by atoms with E-state index in [1.807, 2.05) is 4.90 Å². The fourth-order valence-corrected chi connectivity index (χ4v) is 4.05. The van der Waals surface area contributed by atoms with Gasteiger partial charge in [-0.15, -0.1) is 0 Å². The molecule has 3 N–H and O–H groups in total. The summed E-state index contributed by atoms with van der Waals surface area (Å²) in [4.78, 5) is 52.0. The molecule has 0 aromatic heterocycles. The number of halogens is 1. The molecule has 1 fully saturated rings. The van der Waals surface area contributed by atoms with E-state index in [4.69, 9.17) is 9.47 Å². The topological polar surface area (TPSA) is 138 Å². The highest BCUT2D eigenvalue weighted by atomic mass is 19.1. The summed E-state index contributed by atoms with van der Waals surface area (Å²) in [6.07, 6.45) is -0.907. The van der Waals surface area contributed by atoms with Crippen molar-refractivity contribution >= 4 is 35.4 Å². The van der Waals surface area contributed by atoms with Gasteiger partial charge in [-0.2, -0.15) is 0 Å². The van der Waals surface area contributed by atoms with E-state index in [-0.39, 0.29) is 5.56 Å². The maximum absolute atomic E-state index is 13.3. The number of carboxylic acid groups (broad SMARTS) is 1. The Hall–Kier alpha value is -4.35. The van der Waals surface area contributed by atoms with Crippen molar-refractivity contribution in [2.24, 2.45) is 0 Å². The van der Waals surface area contributed by atoms with Gasteiger partial charge in [0.1, 0.15) is 5.82 Å². The number of hydrogen-bond acceptors (Lipinski definition) is 7. The first-order valence-corrected chi connectivity index (χ1v) is 11.6. The number of rotatable bonds is 7. The van der Waals surface area contributed by atoms with Gasteiger partial charge < -0.3 is 29.7 Å². The van der Waals surface area contributed by atoms with Gasteiger partial charge in [-0.25, -0.2) is 14.0 Å². The Kier molecular flexibility index (Phi) is 9.25. The van der Waals surface area contributed by atoms with Gasteiger partial charge in [0.15, 0.2) is 0 Å². The van der Waals surface area contributed by atoms with Crippen LogP contribution >= 0.6 is 0 Å². The maximum Gasteiger partial charge on any atom is 0.411 e. The van der Waals surface area contributed by atoms with Crippen LogP contribution in [-0.2, 0) is 14.3 Å². The van der Waals surface area contributed by atoms with Crippen LogP contribution in [0.2, 0.25) is 0 Å². The molecule has 0 aliphatic carbocycles. The van der Waals surface area contributed by atoms with Crippen LogP contribution in [0.1, 0.15) is 34.8 Å². The molecule has 0 saturated carbocycles. The second-order valence-corrected chi connectivity index (χ2v) is 8.32. The van der Waals surface area contributed by atoms with Crippen molar-refractivity contribution in [3.63, 3.8) is 0 Å². The smallest absolute Gasteiger partial charge is 0.411 e. The summed E-state index contributed by atoms with van der Waals surface area (Å²) in [6.45, 7) is 1.96. The van der Waals surface area contributed by atoms with E-state index in [1.54, 1.807) is 17.0 Å². The summed E-state index contributed by atoms with van der Waals surface area (Å²) in [7, 11) is 2.54. The van der Waals surface area contributed by atoms with Gasteiger partial charge >= 0.3 is 18.2 Å². The summed E-state index contributed by atoms with van der Waals surface area (Å²) in [6, 6.07) is 8.97. The molecule has 1 unspecified atom stereocenters. The summed E-state index contributed by atoms with van der Waals surface area (Å²) in [5.41, 5.74) is 1.52. The molecule has 3 rings (SSSR count). The quantitative estimate of drug-likeness (QED) is 0.510. The van der Waals surface area contributed by atoms with E-state index < -0.39 is 42.3 Å². The number of aliphatic carboxylic acids is 1. The summed E-state index contributed by atoms with van der Waals surface area (Å²) in [5, 5.41) is 14.6. The largest absolute Gasteiger partial charge is 0.481 e. The Morgan fingerprint density at radius 2 is 1.73 bits per heavy atom. The molecule has 1 atom stereocenters. The predicted octanol–water partition coefficient (Wildman–Crippen LogP) is 3.23. The molecular weight excluding hydrogens is 487 g/mol. The van der Waals surface area contributed by atoms with Crippen LogP contribution in [0.15, 0.2) is 42.5 Å². The lowest BCUT2D eigenvalue weighted by Gasteiger charge is -2.26. The van der Waals surface area contributed by atoms with E-state index in [1.165, 1.54) is 44.6 Å². The number of methoxy groups -OCH3 is 2. The number of anilines is 2. The van der Waals surface area contributed by atoms with Crippen LogP contribution in [0.3, 0.4) is 0 Å². The Bertz CT molecular complexity index is 1140. The van der Waals surface area contributed by atoms with Crippen molar-refractivity contribution in [3.05, 3.63) is 59.4 Å². The number of nitrogens with one attached hydrogen (secondary N) is 2. The average molecular weight is 517 g/mol. The second-order valence-electron chi connectivity index (χ2n) is 8.32. The molecule has 1 aliphatic rings. The number of ether oxygens (including phenoxy) is 2. The molecule has 1 heterocycles. The molecule has 0 spiro atoms. The minimum atomic E-state index is -1.14. The van der Waals surface area contributed by atoms with Crippen LogP contribution in [0.25, 0.3) is 0 Å². The lowest BCUT2D eigenvalue weighted by molar-refractivity contribution is -0.137. The van der Waals surface area contributed by atoms with Crippen LogP contribution in [0.4, 0.5) is 25.4 Å². The molecule has 0 bridgehead atoms. The van der Waals surface area contributed by atoms with E-state index in [9.17, 15) is 28.7 Å². The predicted molar refractivity (Wildman–Crippen MR) is 132 cm³/mol. The zero-order valence-corrected chi connectivity index (χ0v) is 20.5. The zero-order chi connectivity index (χ0) is 26.9. The van der Waals surface area contributed by atoms with Crippen molar-refractivity contribution in [1.82, 2.24) is 10.2 Å². The molecular formula is C25H29FN4O7. The lowest BCUT2D eigenvalue weighted by Crippen LogP contribution is -2.35. The van der Waals surface area contributed by atoms with Gasteiger partial charge in [-0.3, -0.25) is 14.9 Å². The number of nitrogens with zero attached hydrogens (tertiary/aromatic N) is 2. The molecule has 37 heavy (non-hydrogen) atoms. The first-order chi connectivity index (χ1) is 17.7. The number of amides is 3. The van der Waals surface area contributed by atoms with Crippen molar-refractivity contribution in [2.75, 3.05) is 50.6 Å². The van der Waals surface area contributed by atoms with Crippen LogP contribution in [-0.4, -0.2) is 74.5 Å². The molecule has 198 valence electrons. The Balaban J connectivity index is 1.86. The third kappa shape index (κ3) is 7.32. The number of carbonyl (C=O) groups excluding carboxylic acids is 3. The Labute approximate surface area is 213 Å². The van der Waals surface area contributed by atoms with Crippen molar-refractivity contribution in [2.45, 2.75) is 18.9 Å².